The molecular formula is C27H27F2N9O2. The normalized spacial score (nSPS) is 10.5. The van der Waals surface area contributed by atoms with Crippen LogP contribution in [0.1, 0.15) is 16.8 Å². The Morgan fingerprint density at radius 2 is 1.40 bits per heavy atom. The Labute approximate surface area is 228 Å². The number of hydrogen-bond acceptors (Lipinski definition) is 8. The van der Waals surface area contributed by atoms with Crippen molar-refractivity contribution in [3.8, 4) is 23.3 Å². The van der Waals surface area contributed by atoms with Crippen LogP contribution >= 0.6 is 0 Å². The second-order valence-electron chi connectivity index (χ2n) is 8.36. The average molecular weight is 548 g/mol. The molecule has 0 aliphatic heterocycles. The maximum Gasteiger partial charge on any atom is 0.212 e. The number of nitrogens with one attached hydrogen (secondary N) is 1. The highest BCUT2D eigenvalue weighted by Crippen LogP contribution is 2.22. The number of nitrogens with zero attached hydrogens (tertiary/aromatic N) is 6. The molecule has 206 valence electrons. The summed E-state index contributed by atoms with van der Waals surface area (Å²) in [7, 11) is 3.01. The van der Waals surface area contributed by atoms with Crippen LogP contribution in [0.3, 0.4) is 0 Å². The van der Waals surface area contributed by atoms with Crippen molar-refractivity contribution in [2.45, 2.75) is 13.1 Å². The lowest BCUT2D eigenvalue weighted by molar-refractivity contribution is 0.365. The van der Waals surface area contributed by atoms with Crippen LogP contribution in [0.4, 0.5) is 14.6 Å². The predicted molar refractivity (Wildman–Crippen MR) is 145 cm³/mol. The fourth-order valence-corrected chi connectivity index (χ4v) is 3.67. The van der Waals surface area contributed by atoms with Crippen LogP contribution in [0.25, 0.3) is 11.5 Å². The van der Waals surface area contributed by atoms with Crippen LogP contribution in [0, 0.1) is 17.0 Å². The number of rotatable bonds is 8. The molecule has 13 heteroatoms. The highest BCUT2D eigenvalue weighted by molar-refractivity contribution is 5.93. The van der Waals surface area contributed by atoms with Gasteiger partial charge in [-0.2, -0.15) is 10.2 Å². The first-order valence-corrected chi connectivity index (χ1v) is 11.9. The van der Waals surface area contributed by atoms with Gasteiger partial charge in [0.15, 0.2) is 5.82 Å². The molecule has 0 fully saturated rings. The van der Waals surface area contributed by atoms with Gasteiger partial charge in [0.25, 0.3) is 0 Å². The summed E-state index contributed by atoms with van der Waals surface area (Å²) >= 11 is 0. The zero-order chi connectivity index (χ0) is 28.6. The van der Waals surface area contributed by atoms with Crippen LogP contribution in [0.5, 0.6) is 11.8 Å². The maximum atomic E-state index is 13.8. The average Bonchev–Trinajstić information content (AvgIpc) is 3.56. The first-order valence-electron chi connectivity index (χ1n) is 11.9. The number of nitrogen functional groups attached to an aromatic ring is 2. The number of halogens is 2. The van der Waals surface area contributed by atoms with Gasteiger partial charge in [-0.05, 0) is 18.2 Å². The summed E-state index contributed by atoms with van der Waals surface area (Å²) in [4.78, 5) is 8.24. The van der Waals surface area contributed by atoms with Gasteiger partial charge in [-0.3, -0.25) is 5.41 Å². The molecule has 0 bridgehead atoms. The van der Waals surface area contributed by atoms with Crippen LogP contribution in [-0.4, -0.2) is 49.6 Å². The summed E-state index contributed by atoms with van der Waals surface area (Å²) in [5, 5.41) is 15.8. The molecule has 3 heterocycles. The number of nitrogens with two attached hydrogens (primary N) is 2. The minimum atomic E-state index is -0.306. The minimum absolute atomic E-state index is 0.152. The lowest BCUT2D eigenvalue weighted by atomic mass is 10.2. The Hall–Kier alpha value is -5.33. The van der Waals surface area contributed by atoms with E-state index >= 15 is 0 Å². The van der Waals surface area contributed by atoms with E-state index in [1.807, 2.05) is 0 Å². The topological polar surface area (TPSA) is 156 Å². The molecule has 3 aromatic heterocycles. The third-order valence-corrected chi connectivity index (χ3v) is 5.64. The van der Waals surface area contributed by atoms with Gasteiger partial charge in [0.05, 0.1) is 27.3 Å². The largest absolute Gasteiger partial charge is 0.481 e. The predicted octanol–water partition coefficient (Wildman–Crippen LogP) is 3.48. The van der Waals surface area contributed by atoms with E-state index in [1.54, 1.807) is 65.5 Å². The molecule has 11 nitrogen and oxygen atoms in total. The van der Waals surface area contributed by atoms with Gasteiger partial charge in [-0.15, -0.1) is 0 Å². The Morgan fingerprint density at radius 3 is 1.93 bits per heavy atom. The third kappa shape index (κ3) is 6.56. The standard InChI is InChI=1S/C15H14FN5O.C12H13FN4O/c1-22-14-8-12(15-18-7-6-13(17)19-15)20-21(14)9-10-4-2-3-5-11(10)16;1-18-11-6-10(12(14)15)16-17(11)7-8-4-2-3-5-9(8)13/h2-8H,9H2,1H3,(H2,17,18,19);2-6H,7H2,1H3,(H3,14,15). The Balaban J connectivity index is 0.000000189. The molecule has 0 unspecified atom stereocenters. The van der Waals surface area contributed by atoms with E-state index in [1.165, 1.54) is 31.0 Å². The lowest BCUT2D eigenvalue weighted by Gasteiger charge is -2.06. The van der Waals surface area contributed by atoms with E-state index in [0.717, 1.165) is 0 Å². The molecule has 5 aromatic rings. The van der Waals surface area contributed by atoms with Gasteiger partial charge in [-0.25, -0.2) is 28.1 Å². The summed E-state index contributed by atoms with van der Waals surface area (Å²) < 4.78 is 40.7. The molecule has 5 N–H and O–H groups in total. The zero-order valence-corrected chi connectivity index (χ0v) is 21.8. The van der Waals surface area contributed by atoms with Crippen molar-refractivity contribution in [3.05, 3.63) is 101 Å². The van der Waals surface area contributed by atoms with Gasteiger partial charge in [0.1, 0.15) is 34.7 Å². The first-order chi connectivity index (χ1) is 19.3. The third-order valence-electron chi connectivity index (χ3n) is 5.64. The summed E-state index contributed by atoms with van der Waals surface area (Å²) in [6.07, 6.45) is 1.56. The number of ether oxygens (including phenoxy) is 2. The van der Waals surface area contributed by atoms with Crippen molar-refractivity contribution in [1.29, 1.82) is 5.41 Å². The van der Waals surface area contributed by atoms with E-state index in [-0.39, 0.29) is 30.6 Å². The van der Waals surface area contributed by atoms with Gasteiger partial charge in [-0.1, -0.05) is 36.4 Å². The lowest BCUT2D eigenvalue weighted by Crippen LogP contribution is -2.13. The van der Waals surface area contributed by atoms with Gasteiger partial charge < -0.3 is 20.9 Å². The molecular weight excluding hydrogens is 520 g/mol. The summed E-state index contributed by atoms with van der Waals surface area (Å²) in [6, 6.07) is 17.8. The molecule has 0 saturated carbocycles. The highest BCUT2D eigenvalue weighted by Gasteiger charge is 2.14. The summed E-state index contributed by atoms with van der Waals surface area (Å²) in [5.74, 6) is 0.924. The molecule has 0 spiro atoms. The summed E-state index contributed by atoms with van der Waals surface area (Å²) in [5.41, 5.74) is 12.8. The minimum Gasteiger partial charge on any atom is -0.481 e. The molecule has 0 aliphatic carbocycles. The van der Waals surface area contributed by atoms with Crippen molar-refractivity contribution in [2.24, 2.45) is 5.73 Å². The van der Waals surface area contributed by atoms with Crippen LogP contribution in [0.15, 0.2) is 72.9 Å². The zero-order valence-electron chi connectivity index (χ0n) is 21.8. The molecule has 0 amide bonds. The van der Waals surface area contributed by atoms with E-state index in [2.05, 4.69) is 20.2 Å². The Morgan fingerprint density at radius 1 is 0.850 bits per heavy atom. The monoisotopic (exact) mass is 547 g/mol. The number of aromatic nitrogens is 6. The SMILES string of the molecule is COc1cc(-c2nccc(N)n2)nn1Cc1ccccc1F.COc1cc(C(=N)N)nn1Cc1ccccc1F. The van der Waals surface area contributed by atoms with Crippen molar-refractivity contribution in [2.75, 3.05) is 20.0 Å². The van der Waals surface area contributed by atoms with Crippen LogP contribution in [-0.2, 0) is 13.1 Å². The highest BCUT2D eigenvalue weighted by atomic mass is 19.1. The second kappa shape index (κ2) is 12.5. The van der Waals surface area contributed by atoms with Gasteiger partial charge >= 0.3 is 0 Å². The van der Waals surface area contributed by atoms with Crippen LogP contribution in [0.2, 0.25) is 0 Å². The van der Waals surface area contributed by atoms with E-state index in [9.17, 15) is 8.78 Å². The molecule has 2 aromatic carbocycles. The molecule has 0 radical (unpaired) electrons. The fraction of sp³-hybridized carbons (Fsp3) is 0.148. The Kier molecular flexibility index (Phi) is 8.64. The first kappa shape index (κ1) is 27.7. The van der Waals surface area contributed by atoms with E-state index < -0.39 is 0 Å². The molecule has 0 saturated heterocycles. The van der Waals surface area contributed by atoms with Crippen molar-refractivity contribution >= 4 is 11.7 Å². The molecule has 0 aliphatic rings. The number of benzene rings is 2. The number of methoxy groups -OCH3 is 2. The van der Waals surface area contributed by atoms with Crippen molar-refractivity contribution in [3.63, 3.8) is 0 Å². The Bertz CT molecular complexity index is 1620. The molecule has 0 atom stereocenters. The van der Waals surface area contributed by atoms with Gasteiger partial charge in [0, 0.05) is 29.5 Å². The van der Waals surface area contributed by atoms with Crippen molar-refractivity contribution in [1.82, 2.24) is 29.5 Å². The molecule has 40 heavy (non-hydrogen) atoms. The fourth-order valence-electron chi connectivity index (χ4n) is 3.67. The second-order valence-corrected chi connectivity index (χ2v) is 8.36. The van der Waals surface area contributed by atoms with Crippen molar-refractivity contribution < 1.29 is 18.3 Å². The van der Waals surface area contributed by atoms with Crippen LogP contribution < -0.4 is 20.9 Å². The summed E-state index contributed by atoms with van der Waals surface area (Å²) in [6.45, 7) is 0.474. The number of anilines is 1. The number of hydrogen-bond donors (Lipinski definition) is 3. The van der Waals surface area contributed by atoms with Gasteiger partial charge in [0.2, 0.25) is 11.8 Å². The maximum absolute atomic E-state index is 13.8. The van der Waals surface area contributed by atoms with E-state index in [4.69, 9.17) is 26.4 Å². The quantitative estimate of drug-likeness (QED) is 0.197. The van der Waals surface area contributed by atoms with E-state index in [0.29, 0.717) is 45.9 Å². The number of amidine groups is 1. The smallest absolute Gasteiger partial charge is 0.212 e. The molecule has 5 rings (SSSR count).